The van der Waals surface area contributed by atoms with E-state index in [1.165, 1.54) is 44.9 Å². The van der Waals surface area contributed by atoms with Crippen molar-refractivity contribution in [2.45, 2.75) is 90.6 Å². The Hall–Kier alpha value is -0.240. The zero-order valence-corrected chi connectivity index (χ0v) is 14.2. The quantitative estimate of drug-likeness (QED) is 0.499. The van der Waals surface area contributed by atoms with E-state index in [-0.39, 0.29) is 22.9 Å². The molecule has 1 saturated carbocycles. The first-order chi connectivity index (χ1) is 9.37. The van der Waals surface area contributed by atoms with Gasteiger partial charge in [-0.3, -0.25) is 4.79 Å². The van der Waals surface area contributed by atoms with Gasteiger partial charge in [-0.1, -0.05) is 52.4 Å². The lowest BCUT2D eigenvalue weighted by Crippen LogP contribution is -2.37. The van der Waals surface area contributed by atoms with Crippen LogP contribution in [0.1, 0.15) is 85.0 Å². The molecular formula is C17H31ClO2. The molecule has 0 aliphatic heterocycles. The minimum atomic E-state index is -0.353. The number of alkyl halides is 1. The van der Waals surface area contributed by atoms with Gasteiger partial charge in [-0.2, -0.15) is 0 Å². The lowest BCUT2D eigenvalue weighted by Gasteiger charge is -2.37. The molecule has 20 heavy (non-hydrogen) atoms. The number of carbonyl (C=O) groups is 1. The number of carbonyl (C=O) groups excluding carboxylic acids is 1. The van der Waals surface area contributed by atoms with Crippen LogP contribution in [0, 0.1) is 5.41 Å². The summed E-state index contributed by atoms with van der Waals surface area (Å²) >= 11 is 5.61. The van der Waals surface area contributed by atoms with E-state index < -0.39 is 0 Å². The van der Waals surface area contributed by atoms with Crippen molar-refractivity contribution in [2.24, 2.45) is 5.41 Å². The van der Waals surface area contributed by atoms with Crippen LogP contribution in [0.5, 0.6) is 0 Å². The van der Waals surface area contributed by atoms with Gasteiger partial charge in [-0.05, 0) is 38.0 Å². The van der Waals surface area contributed by atoms with E-state index in [2.05, 4.69) is 20.8 Å². The van der Waals surface area contributed by atoms with Gasteiger partial charge in [0.15, 0.2) is 0 Å². The highest BCUT2D eigenvalue weighted by Crippen LogP contribution is 2.38. The highest BCUT2D eigenvalue weighted by molar-refractivity contribution is 6.26. The fourth-order valence-electron chi connectivity index (χ4n) is 3.56. The molecular weight excluding hydrogens is 272 g/mol. The molecule has 0 saturated heterocycles. The van der Waals surface area contributed by atoms with Crippen molar-refractivity contribution >= 4 is 17.6 Å². The number of rotatable bonds is 2. The summed E-state index contributed by atoms with van der Waals surface area (Å²) in [6.45, 7) is 6.68. The first-order valence-corrected chi connectivity index (χ1v) is 8.68. The van der Waals surface area contributed by atoms with Crippen LogP contribution in [0.3, 0.4) is 0 Å². The Morgan fingerprint density at radius 2 is 1.45 bits per heavy atom. The second kappa shape index (κ2) is 8.26. The molecule has 0 amide bonds. The predicted molar refractivity (Wildman–Crippen MR) is 85.2 cm³/mol. The number of hydrogen-bond donors (Lipinski definition) is 0. The zero-order chi connectivity index (χ0) is 15.1. The normalized spacial score (nSPS) is 29.0. The molecule has 1 aliphatic carbocycles. The summed E-state index contributed by atoms with van der Waals surface area (Å²) in [5.41, 5.74) is -0.130. The standard InChI is InChI=1S/C17H31ClO2/c1-16(2)11-9-7-5-4-6-8-10-12-17(3,14-16)20-15(19)13-18/h4-14H2,1-3H3. The van der Waals surface area contributed by atoms with E-state index in [4.69, 9.17) is 16.3 Å². The molecule has 3 heteroatoms. The van der Waals surface area contributed by atoms with Crippen LogP contribution in [0.4, 0.5) is 0 Å². The minimum absolute atomic E-state index is 0.0456. The fourth-order valence-corrected chi connectivity index (χ4v) is 3.62. The molecule has 1 atom stereocenters. The monoisotopic (exact) mass is 302 g/mol. The van der Waals surface area contributed by atoms with Gasteiger partial charge >= 0.3 is 5.97 Å². The van der Waals surface area contributed by atoms with E-state index in [9.17, 15) is 4.79 Å². The van der Waals surface area contributed by atoms with Crippen molar-refractivity contribution in [3.05, 3.63) is 0 Å². The molecule has 2 nitrogen and oxygen atoms in total. The van der Waals surface area contributed by atoms with E-state index in [1.54, 1.807) is 0 Å². The third-order valence-electron chi connectivity index (χ3n) is 4.38. The molecule has 0 bridgehead atoms. The molecule has 0 spiro atoms. The van der Waals surface area contributed by atoms with Crippen LogP contribution in [0.25, 0.3) is 0 Å². The summed E-state index contributed by atoms with van der Waals surface area (Å²) < 4.78 is 5.70. The van der Waals surface area contributed by atoms with E-state index >= 15 is 0 Å². The predicted octanol–water partition coefficient (Wildman–Crippen LogP) is 5.47. The third-order valence-corrected chi connectivity index (χ3v) is 4.60. The SMILES string of the molecule is CC1(C)CCCCCCCCCC(C)(OC(=O)CCl)C1. The number of hydrogen-bond acceptors (Lipinski definition) is 2. The van der Waals surface area contributed by atoms with Gasteiger partial charge in [0.1, 0.15) is 11.5 Å². The van der Waals surface area contributed by atoms with Crippen LogP contribution in [-0.2, 0) is 9.53 Å². The molecule has 0 aromatic carbocycles. The average molecular weight is 303 g/mol. The molecule has 0 radical (unpaired) electrons. The summed E-state index contributed by atoms with van der Waals surface area (Å²) in [6.07, 6.45) is 12.1. The molecule has 1 aliphatic rings. The Balaban J connectivity index is 2.71. The van der Waals surface area contributed by atoms with E-state index in [0.717, 1.165) is 19.3 Å². The smallest absolute Gasteiger partial charge is 0.321 e. The Morgan fingerprint density at radius 3 is 2.00 bits per heavy atom. The molecule has 0 aromatic rings. The van der Waals surface area contributed by atoms with Gasteiger partial charge in [0.05, 0.1) is 0 Å². The Labute approximate surface area is 129 Å². The molecule has 1 unspecified atom stereocenters. The van der Waals surface area contributed by atoms with Crippen molar-refractivity contribution < 1.29 is 9.53 Å². The molecule has 0 heterocycles. The van der Waals surface area contributed by atoms with Crippen LogP contribution < -0.4 is 0 Å². The van der Waals surface area contributed by atoms with Gasteiger partial charge in [0, 0.05) is 0 Å². The summed E-state index contributed by atoms with van der Waals surface area (Å²) in [5.74, 6) is -0.326. The number of esters is 1. The van der Waals surface area contributed by atoms with E-state index in [0.29, 0.717) is 0 Å². The van der Waals surface area contributed by atoms with Crippen molar-refractivity contribution in [1.82, 2.24) is 0 Å². The van der Waals surface area contributed by atoms with Crippen molar-refractivity contribution in [3.8, 4) is 0 Å². The van der Waals surface area contributed by atoms with Gasteiger partial charge < -0.3 is 4.74 Å². The largest absolute Gasteiger partial charge is 0.458 e. The highest BCUT2D eigenvalue weighted by atomic mass is 35.5. The fraction of sp³-hybridized carbons (Fsp3) is 0.941. The van der Waals surface area contributed by atoms with Crippen LogP contribution >= 0.6 is 11.6 Å². The van der Waals surface area contributed by atoms with Crippen molar-refractivity contribution in [3.63, 3.8) is 0 Å². The summed E-state index contributed by atoms with van der Waals surface area (Å²) in [4.78, 5) is 11.6. The Kier molecular flexibility index (Phi) is 7.36. The molecule has 1 fully saturated rings. The Bertz CT molecular complexity index is 301. The summed E-state index contributed by atoms with van der Waals surface area (Å²) in [5, 5.41) is 0. The second-order valence-corrected chi connectivity index (χ2v) is 7.64. The second-order valence-electron chi connectivity index (χ2n) is 7.37. The highest BCUT2D eigenvalue weighted by Gasteiger charge is 2.35. The lowest BCUT2D eigenvalue weighted by molar-refractivity contribution is -0.159. The van der Waals surface area contributed by atoms with Gasteiger partial charge in [-0.15, -0.1) is 11.6 Å². The first kappa shape index (κ1) is 17.8. The lowest BCUT2D eigenvalue weighted by atomic mass is 9.75. The Morgan fingerprint density at radius 1 is 0.950 bits per heavy atom. The maximum atomic E-state index is 11.6. The molecule has 118 valence electrons. The molecule has 0 aromatic heterocycles. The third kappa shape index (κ3) is 6.97. The number of halogens is 1. The molecule has 1 rings (SSSR count). The van der Waals surface area contributed by atoms with Gasteiger partial charge in [-0.25, -0.2) is 0 Å². The zero-order valence-electron chi connectivity index (χ0n) is 13.5. The van der Waals surface area contributed by atoms with Gasteiger partial charge in [0.2, 0.25) is 0 Å². The summed E-state index contributed by atoms with van der Waals surface area (Å²) in [7, 11) is 0. The first-order valence-electron chi connectivity index (χ1n) is 8.15. The van der Waals surface area contributed by atoms with Crippen LogP contribution in [0.2, 0.25) is 0 Å². The van der Waals surface area contributed by atoms with E-state index in [1.807, 2.05) is 0 Å². The minimum Gasteiger partial charge on any atom is -0.458 e. The average Bonchev–Trinajstić information content (AvgIpc) is 2.34. The van der Waals surface area contributed by atoms with Crippen LogP contribution in [0.15, 0.2) is 0 Å². The summed E-state index contributed by atoms with van der Waals surface area (Å²) in [6, 6.07) is 0. The molecule has 0 N–H and O–H groups in total. The van der Waals surface area contributed by atoms with Crippen LogP contribution in [-0.4, -0.2) is 17.5 Å². The van der Waals surface area contributed by atoms with Crippen molar-refractivity contribution in [1.29, 1.82) is 0 Å². The van der Waals surface area contributed by atoms with Gasteiger partial charge in [0.25, 0.3) is 0 Å². The maximum absolute atomic E-state index is 11.6. The topological polar surface area (TPSA) is 26.3 Å². The van der Waals surface area contributed by atoms with Crippen molar-refractivity contribution in [2.75, 3.05) is 5.88 Å². The maximum Gasteiger partial charge on any atom is 0.321 e. The number of ether oxygens (including phenoxy) is 1.